The zero-order valence-electron chi connectivity index (χ0n) is 13.9. The number of non-ortho nitro benzene ring substituents is 1. The van der Waals surface area contributed by atoms with Gasteiger partial charge >= 0.3 is 7.60 Å². The lowest BCUT2D eigenvalue weighted by Gasteiger charge is -2.19. The SMILES string of the molecule is CCCCCOP(=O)(CCCCC)Oc1ccc([N+](=O)[O-])cc1. The van der Waals surface area contributed by atoms with Gasteiger partial charge in [-0.1, -0.05) is 39.5 Å². The van der Waals surface area contributed by atoms with Crippen LogP contribution in [0, 0.1) is 10.1 Å². The lowest BCUT2D eigenvalue weighted by Crippen LogP contribution is -2.04. The molecule has 0 saturated heterocycles. The third kappa shape index (κ3) is 7.62. The Balaban J connectivity index is 2.69. The predicted octanol–water partition coefficient (Wildman–Crippen LogP) is 5.56. The van der Waals surface area contributed by atoms with Gasteiger partial charge in [0.2, 0.25) is 0 Å². The van der Waals surface area contributed by atoms with Crippen molar-refractivity contribution < 1.29 is 18.5 Å². The predicted molar refractivity (Wildman–Crippen MR) is 91.2 cm³/mol. The van der Waals surface area contributed by atoms with Gasteiger partial charge in [-0.3, -0.25) is 14.6 Å². The van der Waals surface area contributed by atoms with E-state index in [2.05, 4.69) is 13.8 Å². The van der Waals surface area contributed by atoms with Crippen LogP contribution in [0.25, 0.3) is 0 Å². The van der Waals surface area contributed by atoms with Gasteiger partial charge in [0.1, 0.15) is 5.75 Å². The highest BCUT2D eigenvalue weighted by molar-refractivity contribution is 7.54. The van der Waals surface area contributed by atoms with Gasteiger partial charge in [0.15, 0.2) is 0 Å². The Labute approximate surface area is 137 Å². The van der Waals surface area contributed by atoms with Crippen LogP contribution in [0.2, 0.25) is 0 Å². The number of unbranched alkanes of at least 4 members (excludes halogenated alkanes) is 4. The van der Waals surface area contributed by atoms with Crippen molar-refractivity contribution >= 4 is 13.3 Å². The minimum absolute atomic E-state index is 0.0259. The molecule has 0 spiro atoms. The summed E-state index contributed by atoms with van der Waals surface area (Å²) in [4.78, 5) is 10.2. The molecule has 0 bridgehead atoms. The highest BCUT2D eigenvalue weighted by Gasteiger charge is 2.25. The molecule has 0 amide bonds. The second kappa shape index (κ2) is 10.4. The smallest absolute Gasteiger partial charge is 0.379 e. The first kappa shape index (κ1) is 19.7. The molecule has 130 valence electrons. The molecule has 1 unspecified atom stereocenters. The fourth-order valence-electron chi connectivity index (χ4n) is 2.04. The standard InChI is InChI=1S/C16H26NO5P/c1-3-5-7-13-21-23(20,14-8-6-4-2)22-16-11-9-15(10-12-16)17(18)19/h9-12H,3-8,13-14H2,1-2H3. The average Bonchev–Trinajstić information content (AvgIpc) is 2.52. The Morgan fingerprint density at radius 1 is 1.04 bits per heavy atom. The van der Waals surface area contributed by atoms with E-state index in [1.165, 1.54) is 24.3 Å². The lowest BCUT2D eigenvalue weighted by atomic mass is 10.3. The molecule has 0 fully saturated rings. The van der Waals surface area contributed by atoms with E-state index in [1.807, 2.05) is 0 Å². The summed E-state index contributed by atoms with van der Waals surface area (Å²) in [6.45, 7) is 4.57. The van der Waals surface area contributed by atoms with Crippen LogP contribution in [0.4, 0.5) is 5.69 Å². The van der Waals surface area contributed by atoms with Crippen molar-refractivity contribution in [3.05, 3.63) is 34.4 Å². The molecule has 23 heavy (non-hydrogen) atoms. The zero-order chi connectivity index (χ0) is 17.1. The van der Waals surface area contributed by atoms with Crippen LogP contribution in [0.1, 0.15) is 52.4 Å². The number of benzene rings is 1. The molecule has 0 radical (unpaired) electrons. The van der Waals surface area contributed by atoms with Crippen LogP contribution < -0.4 is 4.52 Å². The van der Waals surface area contributed by atoms with Crippen molar-refractivity contribution in [3.8, 4) is 5.75 Å². The summed E-state index contributed by atoms with van der Waals surface area (Å²) < 4.78 is 24.0. The van der Waals surface area contributed by atoms with Crippen molar-refractivity contribution in [2.45, 2.75) is 52.4 Å². The summed E-state index contributed by atoms with van der Waals surface area (Å²) in [7, 11) is -3.22. The minimum Gasteiger partial charge on any atom is -0.424 e. The first-order valence-electron chi connectivity index (χ1n) is 8.18. The Morgan fingerprint density at radius 3 is 2.22 bits per heavy atom. The van der Waals surface area contributed by atoms with Gasteiger partial charge < -0.3 is 4.52 Å². The lowest BCUT2D eigenvalue weighted by molar-refractivity contribution is -0.384. The minimum atomic E-state index is -3.22. The van der Waals surface area contributed by atoms with E-state index in [9.17, 15) is 14.7 Å². The highest BCUT2D eigenvalue weighted by atomic mass is 31.2. The molecule has 0 heterocycles. The summed E-state index contributed by atoms with van der Waals surface area (Å²) >= 11 is 0. The summed E-state index contributed by atoms with van der Waals surface area (Å²) in [5.41, 5.74) is -0.0259. The topological polar surface area (TPSA) is 78.7 Å². The van der Waals surface area contributed by atoms with Crippen molar-refractivity contribution in [1.82, 2.24) is 0 Å². The first-order chi connectivity index (χ1) is 11.0. The first-order valence-corrected chi connectivity index (χ1v) is 9.91. The molecule has 0 aliphatic rings. The van der Waals surface area contributed by atoms with Crippen molar-refractivity contribution in [1.29, 1.82) is 0 Å². The van der Waals surface area contributed by atoms with Gasteiger partial charge in [-0.25, -0.2) is 4.57 Å². The van der Waals surface area contributed by atoms with E-state index in [0.717, 1.165) is 38.5 Å². The van der Waals surface area contributed by atoms with Crippen LogP contribution in [0.15, 0.2) is 24.3 Å². The van der Waals surface area contributed by atoms with E-state index in [-0.39, 0.29) is 5.69 Å². The molecule has 1 aromatic carbocycles. The fourth-order valence-corrected chi connectivity index (χ4v) is 3.77. The van der Waals surface area contributed by atoms with Crippen LogP contribution in [-0.2, 0) is 9.09 Å². The van der Waals surface area contributed by atoms with E-state index < -0.39 is 12.5 Å². The van der Waals surface area contributed by atoms with Gasteiger partial charge in [0.25, 0.3) is 5.69 Å². The summed E-state index contributed by atoms with van der Waals surface area (Å²) in [6, 6.07) is 5.59. The zero-order valence-corrected chi connectivity index (χ0v) is 14.8. The molecule has 1 aromatic rings. The maximum atomic E-state index is 12.9. The summed E-state index contributed by atoms with van der Waals surface area (Å²) in [5, 5.41) is 10.7. The van der Waals surface area contributed by atoms with Crippen molar-refractivity contribution in [2.75, 3.05) is 12.8 Å². The average molecular weight is 343 g/mol. The molecule has 0 aliphatic carbocycles. The van der Waals surface area contributed by atoms with E-state index >= 15 is 0 Å². The monoisotopic (exact) mass is 343 g/mol. The number of nitrogens with zero attached hydrogens (tertiary/aromatic N) is 1. The summed E-state index contributed by atoms with van der Waals surface area (Å²) in [6.07, 6.45) is 6.05. The molecule has 7 heteroatoms. The van der Waals surface area contributed by atoms with Gasteiger partial charge in [-0.2, -0.15) is 0 Å². The van der Waals surface area contributed by atoms with Gasteiger partial charge in [-0.15, -0.1) is 0 Å². The van der Waals surface area contributed by atoms with Gasteiger partial charge in [0, 0.05) is 12.1 Å². The highest BCUT2D eigenvalue weighted by Crippen LogP contribution is 2.49. The molecule has 0 aromatic heterocycles. The fraction of sp³-hybridized carbons (Fsp3) is 0.625. The van der Waals surface area contributed by atoms with E-state index in [4.69, 9.17) is 9.05 Å². The van der Waals surface area contributed by atoms with Gasteiger partial charge in [0.05, 0.1) is 17.7 Å². The molecule has 0 saturated carbocycles. The Bertz CT molecular complexity index is 518. The Kier molecular flexibility index (Phi) is 8.89. The van der Waals surface area contributed by atoms with Crippen LogP contribution in [0.3, 0.4) is 0 Å². The molecule has 6 nitrogen and oxygen atoms in total. The number of rotatable bonds is 12. The van der Waals surface area contributed by atoms with Crippen LogP contribution in [0.5, 0.6) is 5.75 Å². The molecule has 0 N–H and O–H groups in total. The number of nitro benzene ring substituents is 1. The largest absolute Gasteiger partial charge is 0.424 e. The van der Waals surface area contributed by atoms with Crippen molar-refractivity contribution in [3.63, 3.8) is 0 Å². The third-order valence-corrected chi connectivity index (χ3v) is 5.29. The maximum Gasteiger partial charge on any atom is 0.379 e. The summed E-state index contributed by atoms with van der Waals surface area (Å²) in [5.74, 6) is 0.339. The molecule has 1 atom stereocenters. The quantitative estimate of drug-likeness (QED) is 0.215. The van der Waals surface area contributed by atoms with Gasteiger partial charge in [-0.05, 0) is 25.0 Å². The Morgan fingerprint density at radius 2 is 1.65 bits per heavy atom. The maximum absolute atomic E-state index is 12.9. The molecular weight excluding hydrogens is 317 g/mol. The van der Waals surface area contributed by atoms with Crippen molar-refractivity contribution in [2.24, 2.45) is 0 Å². The molecule has 0 aliphatic heterocycles. The number of hydrogen-bond donors (Lipinski definition) is 0. The third-order valence-electron chi connectivity index (χ3n) is 3.36. The number of hydrogen-bond acceptors (Lipinski definition) is 5. The Hall–Kier alpha value is -1.39. The second-order valence-corrected chi connectivity index (χ2v) is 7.53. The van der Waals surface area contributed by atoms with E-state index in [1.54, 1.807) is 0 Å². The van der Waals surface area contributed by atoms with Crippen LogP contribution in [-0.4, -0.2) is 17.7 Å². The molecular formula is C16H26NO5P. The number of nitro groups is 1. The normalized spacial score (nSPS) is 13.5. The van der Waals surface area contributed by atoms with Crippen LogP contribution >= 0.6 is 7.60 Å². The second-order valence-electron chi connectivity index (χ2n) is 5.42. The molecule has 1 rings (SSSR count). The van der Waals surface area contributed by atoms with E-state index in [0.29, 0.717) is 18.5 Å².